The Hall–Kier alpha value is -1.52. The van der Waals surface area contributed by atoms with Gasteiger partial charge in [0.1, 0.15) is 0 Å². The summed E-state index contributed by atoms with van der Waals surface area (Å²) in [6.07, 6.45) is 1.35. The topological polar surface area (TPSA) is 80.9 Å². The summed E-state index contributed by atoms with van der Waals surface area (Å²) in [6, 6.07) is 0. The molecule has 0 spiro atoms. The van der Waals surface area contributed by atoms with Crippen LogP contribution in [0.2, 0.25) is 0 Å². The summed E-state index contributed by atoms with van der Waals surface area (Å²) in [6.45, 7) is 3.71. The van der Waals surface area contributed by atoms with Gasteiger partial charge in [-0.3, -0.25) is 9.78 Å². The number of nitrogens with zero attached hydrogens (tertiary/aromatic N) is 1. The zero-order chi connectivity index (χ0) is 9.30. The Bertz CT molecular complexity index is 388. The monoisotopic (exact) mass is 169 g/mol. The second-order valence-electron chi connectivity index (χ2n) is 2.91. The van der Waals surface area contributed by atoms with E-state index in [1.165, 1.54) is 6.20 Å². The minimum absolute atomic E-state index is 0.0594. The van der Waals surface area contributed by atoms with Gasteiger partial charge in [-0.15, -0.1) is 0 Å². The number of H-pyrrole nitrogens is 1. The predicted octanol–water partition coefficient (Wildman–Crippen LogP) is -0.626. The Kier molecular flexibility index (Phi) is 2.03. The summed E-state index contributed by atoms with van der Waals surface area (Å²) in [4.78, 5) is 24.0. The molecular weight excluding hydrogens is 158 g/mol. The normalized spacial score (nSPS) is 10.6. The van der Waals surface area contributed by atoms with Crippen LogP contribution in [0.1, 0.15) is 25.3 Å². The Labute approximate surface area is 68.8 Å². The van der Waals surface area contributed by atoms with E-state index in [0.717, 1.165) is 4.68 Å². The standard InChI is InChI=1S/C7H11N3O2/c1-4(2)5-3-10(8)7(12)9-6(5)11/h3-4H,8H2,1-2H3,(H,9,11,12). The van der Waals surface area contributed by atoms with E-state index in [1.807, 2.05) is 13.8 Å². The largest absolute Gasteiger partial charge is 0.346 e. The van der Waals surface area contributed by atoms with Gasteiger partial charge in [-0.2, -0.15) is 0 Å². The highest BCUT2D eigenvalue weighted by Crippen LogP contribution is 2.05. The van der Waals surface area contributed by atoms with Gasteiger partial charge in [-0.05, 0) is 5.92 Å². The number of nitrogens with two attached hydrogens (primary N) is 1. The maximum absolute atomic E-state index is 11.1. The highest BCUT2D eigenvalue weighted by Gasteiger charge is 2.05. The summed E-state index contributed by atoms with van der Waals surface area (Å²) in [5, 5.41) is 0. The number of nitrogen functional groups attached to an aromatic ring is 1. The van der Waals surface area contributed by atoms with Crippen molar-refractivity contribution in [3.8, 4) is 0 Å². The fourth-order valence-corrected chi connectivity index (χ4v) is 0.912. The van der Waals surface area contributed by atoms with Gasteiger partial charge in [0.15, 0.2) is 0 Å². The molecule has 0 aliphatic carbocycles. The summed E-state index contributed by atoms with van der Waals surface area (Å²) < 4.78 is 0.872. The average Bonchev–Trinajstić information content (AvgIpc) is 1.96. The lowest BCUT2D eigenvalue weighted by Gasteiger charge is -2.04. The third-order valence-electron chi connectivity index (χ3n) is 1.62. The van der Waals surface area contributed by atoms with Gasteiger partial charge in [0.05, 0.1) is 0 Å². The SMILES string of the molecule is CC(C)c1cn(N)c(=O)[nH]c1=O. The Morgan fingerprint density at radius 1 is 1.50 bits per heavy atom. The van der Waals surface area contributed by atoms with E-state index in [9.17, 15) is 9.59 Å². The molecule has 0 aromatic carbocycles. The number of aromatic amines is 1. The molecule has 0 aliphatic rings. The van der Waals surface area contributed by atoms with Crippen LogP contribution in [-0.4, -0.2) is 9.66 Å². The molecule has 0 unspecified atom stereocenters. The first-order valence-corrected chi connectivity index (χ1v) is 3.63. The van der Waals surface area contributed by atoms with Crippen LogP contribution in [0, 0.1) is 0 Å². The highest BCUT2D eigenvalue weighted by atomic mass is 16.2. The van der Waals surface area contributed by atoms with E-state index >= 15 is 0 Å². The van der Waals surface area contributed by atoms with Crippen LogP contribution in [0.25, 0.3) is 0 Å². The molecule has 0 atom stereocenters. The van der Waals surface area contributed by atoms with Crippen molar-refractivity contribution < 1.29 is 0 Å². The minimum atomic E-state index is -0.593. The van der Waals surface area contributed by atoms with Gasteiger partial charge < -0.3 is 5.84 Å². The Morgan fingerprint density at radius 2 is 2.08 bits per heavy atom. The van der Waals surface area contributed by atoms with E-state index in [4.69, 9.17) is 5.84 Å². The van der Waals surface area contributed by atoms with E-state index in [-0.39, 0.29) is 11.5 Å². The van der Waals surface area contributed by atoms with Crippen molar-refractivity contribution in [3.05, 3.63) is 32.6 Å². The molecule has 0 saturated carbocycles. The summed E-state index contributed by atoms with van der Waals surface area (Å²) in [5.41, 5.74) is -0.446. The Morgan fingerprint density at radius 3 is 2.58 bits per heavy atom. The van der Waals surface area contributed by atoms with Gasteiger partial charge in [0.25, 0.3) is 5.56 Å². The smallest absolute Gasteiger partial charge is 0.335 e. The van der Waals surface area contributed by atoms with Crippen LogP contribution >= 0.6 is 0 Å². The Balaban J connectivity index is 3.44. The van der Waals surface area contributed by atoms with Crippen molar-refractivity contribution in [3.63, 3.8) is 0 Å². The third kappa shape index (κ3) is 1.39. The first kappa shape index (κ1) is 8.58. The summed E-state index contributed by atoms with van der Waals surface area (Å²) in [7, 11) is 0. The van der Waals surface area contributed by atoms with Crippen LogP contribution < -0.4 is 17.1 Å². The van der Waals surface area contributed by atoms with Crippen molar-refractivity contribution in [1.29, 1.82) is 0 Å². The van der Waals surface area contributed by atoms with Crippen LogP contribution in [0.5, 0.6) is 0 Å². The molecule has 0 saturated heterocycles. The minimum Gasteiger partial charge on any atom is -0.335 e. The van der Waals surface area contributed by atoms with Gasteiger partial charge in [-0.1, -0.05) is 13.8 Å². The fraction of sp³-hybridized carbons (Fsp3) is 0.429. The molecule has 5 nitrogen and oxygen atoms in total. The molecule has 1 rings (SSSR count). The first-order valence-electron chi connectivity index (χ1n) is 3.63. The predicted molar refractivity (Wildman–Crippen MR) is 45.6 cm³/mol. The van der Waals surface area contributed by atoms with Crippen molar-refractivity contribution in [1.82, 2.24) is 9.66 Å². The van der Waals surface area contributed by atoms with Gasteiger partial charge >= 0.3 is 5.69 Å². The second-order valence-corrected chi connectivity index (χ2v) is 2.91. The molecule has 1 aromatic heterocycles. The third-order valence-corrected chi connectivity index (χ3v) is 1.62. The van der Waals surface area contributed by atoms with Crippen molar-refractivity contribution in [2.24, 2.45) is 0 Å². The molecule has 0 amide bonds. The first-order chi connectivity index (χ1) is 5.52. The number of rotatable bonds is 1. The number of nitrogens with one attached hydrogen (secondary N) is 1. The van der Waals surface area contributed by atoms with Crippen LogP contribution in [0.15, 0.2) is 15.8 Å². The summed E-state index contributed by atoms with van der Waals surface area (Å²) >= 11 is 0. The van der Waals surface area contributed by atoms with E-state index in [2.05, 4.69) is 4.98 Å². The zero-order valence-corrected chi connectivity index (χ0v) is 7.00. The molecule has 1 aromatic rings. The van der Waals surface area contributed by atoms with Crippen molar-refractivity contribution in [2.75, 3.05) is 5.84 Å². The number of aromatic nitrogens is 2. The van der Waals surface area contributed by atoms with Crippen molar-refractivity contribution >= 4 is 0 Å². The molecule has 1 heterocycles. The molecule has 12 heavy (non-hydrogen) atoms. The van der Waals surface area contributed by atoms with E-state index < -0.39 is 5.69 Å². The lowest BCUT2D eigenvalue weighted by Crippen LogP contribution is -2.36. The molecule has 66 valence electrons. The van der Waals surface area contributed by atoms with E-state index in [1.54, 1.807) is 0 Å². The summed E-state index contributed by atoms with van der Waals surface area (Å²) in [5.74, 6) is 5.32. The average molecular weight is 169 g/mol. The number of hydrogen-bond acceptors (Lipinski definition) is 3. The fourth-order valence-electron chi connectivity index (χ4n) is 0.912. The number of hydrogen-bond donors (Lipinski definition) is 2. The zero-order valence-electron chi connectivity index (χ0n) is 7.00. The maximum Gasteiger partial charge on any atom is 0.346 e. The van der Waals surface area contributed by atoms with Crippen LogP contribution in [0.3, 0.4) is 0 Å². The molecule has 0 aliphatic heterocycles. The van der Waals surface area contributed by atoms with Gasteiger partial charge in [0, 0.05) is 11.8 Å². The van der Waals surface area contributed by atoms with Gasteiger partial charge in [0.2, 0.25) is 0 Å². The van der Waals surface area contributed by atoms with Crippen LogP contribution in [-0.2, 0) is 0 Å². The van der Waals surface area contributed by atoms with Crippen molar-refractivity contribution in [2.45, 2.75) is 19.8 Å². The van der Waals surface area contributed by atoms with Crippen LogP contribution in [0.4, 0.5) is 0 Å². The molecule has 5 heteroatoms. The van der Waals surface area contributed by atoms with Gasteiger partial charge in [-0.25, -0.2) is 9.47 Å². The van der Waals surface area contributed by atoms with E-state index in [0.29, 0.717) is 5.56 Å². The molecular formula is C7H11N3O2. The lowest BCUT2D eigenvalue weighted by molar-refractivity contribution is 0.770. The molecule has 0 radical (unpaired) electrons. The lowest BCUT2D eigenvalue weighted by atomic mass is 10.1. The maximum atomic E-state index is 11.1. The molecule has 0 fully saturated rings. The quantitative estimate of drug-likeness (QED) is 0.549. The molecule has 3 N–H and O–H groups in total. The molecule has 0 bridgehead atoms. The second kappa shape index (κ2) is 2.84. The highest BCUT2D eigenvalue weighted by molar-refractivity contribution is 5.08.